The van der Waals surface area contributed by atoms with Crippen molar-refractivity contribution in [2.75, 3.05) is 23.8 Å². The van der Waals surface area contributed by atoms with E-state index in [2.05, 4.69) is 10.6 Å². The van der Waals surface area contributed by atoms with E-state index in [1.54, 1.807) is 26.8 Å². The lowest BCUT2D eigenvalue weighted by atomic mass is 10.0. The molecule has 12 nitrogen and oxygen atoms in total. The van der Waals surface area contributed by atoms with Crippen LogP contribution in [0.3, 0.4) is 0 Å². The molecule has 2 aromatic carbocycles. The molecule has 0 aromatic heterocycles. The molecule has 6 N–H and O–H groups in total. The zero-order valence-corrected chi connectivity index (χ0v) is 28.0. The van der Waals surface area contributed by atoms with Crippen LogP contribution in [0.2, 0.25) is 6.32 Å². The van der Waals surface area contributed by atoms with Crippen LogP contribution >= 0.6 is 11.6 Å². The standard InChI is InChI=1S/C13H17NO4.C9H9NO4.C4H7ClO.C2H5BF.C2H6O.F2/c1-3-5-12(16)14-9-6-7-10(11(15)8-9)13(17)18-4-2;1-5(11)10-6-2-3-7(9(13)14)8(12)4-6;1-2-3-4(5)6;1-2-3-4;1-2-3;1-2/h6-8,15H,3-5H2,1-2H3,(H,14,16);2-4,12H,1H3,(H,10,11)(H,13,14);2-3H2,1H3;2H2,1H3;3H,2H2,1H3;. The van der Waals surface area contributed by atoms with Crippen molar-refractivity contribution in [2.45, 2.75) is 73.5 Å². The number of phenolic OH excluding ortho intramolecular Hbond substituents is 1. The summed E-state index contributed by atoms with van der Waals surface area (Å²) < 4.78 is 31.4. The number of aromatic carboxylic acids is 1. The Balaban J connectivity index is -0.000000280. The van der Waals surface area contributed by atoms with Crippen molar-refractivity contribution in [1.29, 1.82) is 0 Å². The molecule has 17 heteroatoms. The summed E-state index contributed by atoms with van der Waals surface area (Å²) in [6, 6.07) is 8.13. The predicted molar refractivity (Wildman–Crippen MR) is 175 cm³/mol. The molecule has 0 unspecified atom stereocenters. The van der Waals surface area contributed by atoms with E-state index in [1.165, 1.54) is 37.3 Å². The van der Waals surface area contributed by atoms with E-state index in [4.69, 9.17) is 35.7 Å². The molecule has 0 saturated carbocycles. The van der Waals surface area contributed by atoms with E-state index in [0.29, 0.717) is 38.1 Å². The summed E-state index contributed by atoms with van der Waals surface area (Å²) in [5, 5.41) is 39.9. The van der Waals surface area contributed by atoms with Gasteiger partial charge in [0, 0.05) is 59.0 Å². The number of anilines is 2. The fraction of sp³-hybridized carbons (Fsp3) is 0.433. The summed E-state index contributed by atoms with van der Waals surface area (Å²) >= 11 is 4.94. The van der Waals surface area contributed by atoms with Crippen LogP contribution < -0.4 is 10.6 Å². The van der Waals surface area contributed by atoms with Gasteiger partial charge < -0.3 is 40.1 Å². The Morgan fingerprint density at radius 1 is 0.830 bits per heavy atom. The number of rotatable bonds is 10. The second-order valence-electron chi connectivity index (χ2n) is 8.45. The third-order valence-electron chi connectivity index (χ3n) is 4.40. The fourth-order valence-corrected chi connectivity index (χ4v) is 2.82. The van der Waals surface area contributed by atoms with Gasteiger partial charge in [0.05, 0.1) is 6.61 Å². The van der Waals surface area contributed by atoms with Crippen LogP contribution in [0.15, 0.2) is 36.4 Å². The van der Waals surface area contributed by atoms with Crippen LogP contribution in [-0.2, 0) is 19.1 Å². The van der Waals surface area contributed by atoms with Crippen molar-refractivity contribution in [1.82, 2.24) is 0 Å². The Kier molecular flexibility index (Phi) is 34.9. The molecule has 2 aromatic rings. The molecule has 0 spiro atoms. The average Bonchev–Trinajstić information content (AvgIpc) is 2.99. The summed E-state index contributed by atoms with van der Waals surface area (Å²) in [6.45, 7) is 10.8. The van der Waals surface area contributed by atoms with E-state index >= 15 is 0 Å². The molecule has 0 bridgehead atoms. The van der Waals surface area contributed by atoms with Gasteiger partial charge in [-0.1, -0.05) is 20.8 Å². The van der Waals surface area contributed by atoms with Crippen molar-refractivity contribution in [3.05, 3.63) is 47.5 Å². The zero-order chi connectivity index (χ0) is 37.4. The number of hydrogen-bond acceptors (Lipinski definition) is 9. The normalized spacial score (nSPS) is 8.74. The summed E-state index contributed by atoms with van der Waals surface area (Å²) in [5.74, 6) is -2.78. The summed E-state index contributed by atoms with van der Waals surface area (Å²) in [7, 11) is 0.625. The van der Waals surface area contributed by atoms with Gasteiger partial charge in [-0.05, 0) is 68.9 Å². The molecule has 2 amide bonds. The number of amides is 2. The SMILES string of the molecule is CC(=O)Nc1ccc(C(=O)O)c(O)c1.CCCC(=O)Cl.CCCC(=O)Nc1ccc(C(=O)OCC)c(O)c1.CCO.CC[B]F.FF. The largest absolute Gasteiger partial charge is 0.507 e. The monoisotopic (exact) mass is 695 g/mol. The Bertz CT molecular complexity index is 1190. The van der Waals surface area contributed by atoms with Crippen molar-refractivity contribution in [2.24, 2.45) is 0 Å². The molecular weight excluding hydrogens is 652 g/mol. The van der Waals surface area contributed by atoms with Gasteiger partial charge in [0.25, 0.3) is 0 Å². The highest BCUT2D eigenvalue weighted by molar-refractivity contribution is 6.63. The van der Waals surface area contributed by atoms with Gasteiger partial charge in [-0.3, -0.25) is 14.4 Å². The molecule has 1 radical (unpaired) electrons. The maximum atomic E-state index is 11.4. The van der Waals surface area contributed by atoms with Gasteiger partial charge in [0.2, 0.25) is 17.1 Å². The Morgan fingerprint density at radius 2 is 1.26 bits per heavy atom. The van der Waals surface area contributed by atoms with Crippen molar-refractivity contribution in [3.8, 4) is 11.5 Å². The molecule has 0 saturated heterocycles. The number of carbonyl (C=O) groups excluding carboxylic acids is 4. The molecule has 47 heavy (non-hydrogen) atoms. The minimum atomic E-state index is -1.21. The summed E-state index contributed by atoms with van der Waals surface area (Å²) in [5.41, 5.74) is 0.712. The van der Waals surface area contributed by atoms with Gasteiger partial charge in [-0.15, -0.1) is 0 Å². The smallest absolute Gasteiger partial charge is 0.354 e. The number of ether oxygens (including phenoxy) is 1. The third kappa shape index (κ3) is 28.9. The van der Waals surface area contributed by atoms with E-state index < -0.39 is 11.9 Å². The number of nitrogens with one attached hydrogen (secondary N) is 2. The molecule has 0 aliphatic rings. The maximum Gasteiger partial charge on any atom is 0.354 e. The first-order chi connectivity index (χ1) is 22.2. The van der Waals surface area contributed by atoms with Gasteiger partial charge in [-0.25, -0.2) is 9.59 Å². The molecule has 0 fully saturated rings. The van der Waals surface area contributed by atoms with E-state index in [1.807, 2.05) is 13.8 Å². The molecule has 0 aliphatic carbocycles. The lowest BCUT2D eigenvalue weighted by molar-refractivity contribution is -0.116. The molecule has 0 heterocycles. The average molecular weight is 696 g/mol. The predicted octanol–water partition coefficient (Wildman–Crippen LogP) is 6.76. The number of esters is 1. The minimum Gasteiger partial charge on any atom is -0.507 e. The van der Waals surface area contributed by atoms with Crippen molar-refractivity contribution >= 4 is 59.5 Å². The maximum absolute atomic E-state index is 11.4. The third-order valence-corrected chi connectivity index (χ3v) is 4.59. The van der Waals surface area contributed by atoms with E-state index in [-0.39, 0.29) is 52.9 Å². The fourth-order valence-electron chi connectivity index (χ4n) is 2.63. The number of aliphatic hydroxyl groups excluding tert-OH is 1. The molecule has 0 atom stereocenters. The van der Waals surface area contributed by atoms with Crippen LogP contribution in [0.4, 0.5) is 24.8 Å². The lowest BCUT2D eigenvalue weighted by Crippen LogP contribution is -2.11. The van der Waals surface area contributed by atoms with Gasteiger partial charge >= 0.3 is 19.5 Å². The van der Waals surface area contributed by atoms with Gasteiger partial charge in [-0.2, -0.15) is 0 Å². The highest BCUT2D eigenvalue weighted by atomic mass is 35.5. The number of phenols is 2. The first-order valence-electron chi connectivity index (χ1n) is 14.2. The Morgan fingerprint density at radius 3 is 1.55 bits per heavy atom. The molecule has 265 valence electrons. The number of hydrogen-bond donors (Lipinski definition) is 6. The number of aliphatic hydroxyl groups is 1. The van der Waals surface area contributed by atoms with Crippen LogP contribution in [0, 0.1) is 0 Å². The second-order valence-corrected chi connectivity index (χ2v) is 8.87. The minimum absolute atomic E-state index is 0.0883. The van der Waals surface area contributed by atoms with Crippen molar-refractivity contribution in [3.63, 3.8) is 0 Å². The zero-order valence-electron chi connectivity index (χ0n) is 27.2. The van der Waals surface area contributed by atoms with Crippen LogP contribution in [0.25, 0.3) is 0 Å². The van der Waals surface area contributed by atoms with Crippen LogP contribution in [0.1, 0.15) is 87.9 Å². The number of carboxylic acid groups (broad SMARTS) is 1. The van der Waals surface area contributed by atoms with Gasteiger partial charge in [0.15, 0.2) is 0 Å². The molecular formula is C30H44BClF3N2O10. The second kappa shape index (κ2) is 33.1. The highest BCUT2D eigenvalue weighted by Crippen LogP contribution is 2.23. The quantitative estimate of drug-likeness (QED) is 0.0876. The topological polar surface area (TPSA) is 200 Å². The number of halogens is 4. The number of aromatic hydroxyl groups is 2. The van der Waals surface area contributed by atoms with Crippen LogP contribution in [0.5, 0.6) is 11.5 Å². The Labute approximate surface area is 278 Å². The lowest BCUT2D eigenvalue weighted by Gasteiger charge is -2.08. The molecule has 0 aliphatic heterocycles. The highest BCUT2D eigenvalue weighted by Gasteiger charge is 2.13. The number of carbonyl (C=O) groups is 5. The van der Waals surface area contributed by atoms with E-state index in [9.17, 15) is 38.5 Å². The Hall–Kier alpha value is -4.31. The van der Waals surface area contributed by atoms with E-state index in [0.717, 1.165) is 12.8 Å². The first kappa shape index (κ1) is 49.6. The van der Waals surface area contributed by atoms with Crippen molar-refractivity contribution < 1.29 is 62.6 Å². The van der Waals surface area contributed by atoms with Crippen LogP contribution in [-0.4, -0.2) is 70.2 Å². The summed E-state index contributed by atoms with van der Waals surface area (Å²) in [4.78, 5) is 53.7. The molecule has 2 rings (SSSR count). The number of benzene rings is 2. The first-order valence-corrected chi connectivity index (χ1v) is 14.6. The van der Waals surface area contributed by atoms with Gasteiger partial charge in [0.1, 0.15) is 22.6 Å². The number of carboxylic acids is 1. The summed E-state index contributed by atoms with van der Waals surface area (Å²) in [6.07, 6.45) is 3.04.